The quantitative estimate of drug-likeness (QED) is 0.437. The highest BCUT2D eigenvalue weighted by atomic mass is 32.2. The zero-order chi connectivity index (χ0) is 24.4. The monoisotopic (exact) mass is 475 g/mol. The SMILES string of the molecule is CC(C)(O)COCc1cccc(NC2=C(C(N)=O)CC(c3ccc(C(C)(C)O)cc3F)S2)n1. The molecule has 0 radical (unpaired) electrons. The first-order valence-electron chi connectivity index (χ1n) is 10.6. The topological polar surface area (TPSA) is 118 Å². The fourth-order valence-electron chi connectivity index (χ4n) is 3.34. The van der Waals surface area contributed by atoms with Gasteiger partial charge in [0.2, 0.25) is 5.91 Å². The molecule has 178 valence electrons. The molecular weight excluding hydrogens is 445 g/mol. The smallest absolute Gasteiger partial charge is 0.247 e. The number of halogens is 1. The first-order valence-corrected chi connectivity index (χ1v) is 11.5. The number of thioether (sulfide) groups is 1. The number of nitrogens with one attached hydrogen (secondary N) is 1. The summed E-state index contributed by atoms with van der Waals surface area (Å²) in [6.07, 6.45) is 0.273. The van der Waals surface area contributed by atoms with E-state index >= 15 is 0 Å². The number of primary amides is 1. The van der Waals surface area contributed by atoms with Crippen molar-refractivity contribution in [3.8, 4) is 0 Å². The largest absolute Gasteiger partial charge is 0.388 e. The van der Waals surface area contributed by atoms with Crippen molar-refractivity contribution < 1.29 is 24.1 Å². The summed E-state index contributed by atoms with van der Waals surface area (Å²) in [5, 5.41) is 23.2. The first-order chi connectivity index (χ1) is 15.3. The number of hydrogen-bond donors (Lipinski definition) is 4. The molecule has 1 aliphatic rings. The Kier molecular flexibility index (Phi) is 7.48. The van der Waals surface area contributed by atoms with Crippen molar-refractivity contribution in [2.45, 2.75) is 57.2 Å². The van der Waals surface area contributed by atoms with E-state index < -0.39 is 22.9 Å². The van der Waals surface area contributed by atoms with E-state index in [0.29, 0.717) is 33.2 Å². The molecule has 9 heteroatoms. The number of aromatic nitrogens is 1. The molecule has 2 aromatic rings. The van der Waals surface area contributed by atoms with E-state index in [4.69, 9.17) is 10.5 Å². The normalized spacial score (nSPS) is 16.9. The van der Waals surface area contributed by atoms with E-state index in [2.05, 4.69) is 10.3 Å². The lowest BCUT2D eigenvalue weighted by Gasteiger charge is -2.20. The lowest BCUT2D eigenvalue weighted by molar-refractivity contribution is -0.114. The number of anilines is 1. The van der Waals surface area contributed by atoms with E-state index in [1.54, 1.807) is 58.0 Å². The van der Waals surface area contributed by atoms with Crippen molar-refractivity contribution in [1.82, 2.24) is 4.98 Å². The van der Waals surface area contributed by atoms with E-state index in [0.717, 1.165) is 0 Å². The zero-order valence-electron chi connectivity index (χ0n) is 19.2. The van der Waals surface area contributed by atoms with Gasteiger partial charge in [-0.05, 0) is 57.9 Å². The van der Waals surface area contributed by atoms with Gasteiger partial charge >= 0.3 is 0 Å². The van der Waals surface area contributed by atoms with Gasteiger partial charge in [-0.3, -0.25) is 4.79 Å². The van der Waals surface area contributed by atoms with Crippen LogP contribution in [0.5, 0.6) is 0 Å². The minimum absolute atomic E-state index is 0.165. The summed E-state index contributed by atoms with van der Waals surface area (Å²) in [5.74, 6) is -0.522. The highest BCUT2D eigenvalue weighted by Crippen LogP contribution is 2.48. The second-order valence-electron chi connectivity index (χ2n) is 9.22. The third-order valence-corrected chi connectivity index (χ3v) is 6.32. The van der Waals surface area contributed by atoms with Crippen LogP contribution in [-0.2, 0) is 21.7 Å². The van der Waals surface area contributed by atoms with Crippen LogP contribution in [0.25, 0.3) is 0 Å². The summed E-state index contributed by atoms with van der Waals surface area (Å²) in [5.41, 5.74) is 5.44. The average Bonchev–Trinajstić information content (AvgIpc) is 3.10. The van der Waals surface area contributed by atoms with Crippen LogP contribution in [0, 0.1) is 5.82 Å². The Morgan fingerprint density at radius 1 is 1.27 bits per heavy atom. The molecule has 1 aromatic heterocycles. The number of nitrogens with two attached hydrogens (primary N) is 1. The molecule has 0 aliphatic carbocycles. The number of carbonyl (C=O) groups is 1. The molecule has 0 saturated carbocycles. The molecule has 0 saturated heterocycles. The van der Waals surface area contributed by atoms with Gasteiger partial charge in [0.1, 0.15) is 11.6 Å². The molecule has 1 unspecified atom stereocenters. The van der Waals surface area contributed by atoms with Crippen molar-refractivity contribution in [3.63, 3.8) is 0 Å². The van der Waals surface area contributed by atoms with Gasteiger partial charge in [0.15, 0.2) is 0 Å². The summed E-state index contributed by atoms with van der Waals surface area (Å²) in [6.45, 7) is 6.89. The van der Waals surface area contributed by atoms with Gasteiger partial charge in [0.25, 0.3) is 0 Å². The maximum atomic E-state index is 14.8. The van der Waals surface area contributed by atoms with E-state index in [-0.39, 0.29) is 24.9 Å². The van der Waals surface area contributed by atoms with Gasteiger partial charge in [-0.15, -0.1) is 0 Å². The van der Waals surface area contributed by atoms with Crippen LogP contribution in [0.1, 0.15) is 56.2 Å². The number of hydrogen-bond acceptors (Lipinski definition) is 7. The van der Waals surface area contributed by atoms with Crippen LogP contribution in [0.3, 0.4) is 0 Å². The number of benzene rings is 1. The van der Waals surface area contributed by atoms with Gasteiger partial charge in [0, 0.05) is 16.4 Å². The number of ether oxygens (including phenoxy) is 1. The molecule has 33 heavy (non-hydrogen) atoms. The second kappa shape index (κ2) is 9.80. The van der Waals surface area contributed by atoms with Crippen molar-refractivity contribution in [2.24, 2.45) is 5.73 Å². The molecule has 5 N–H and O–H groups in total. The Hall–Kier alpha value is -2.46. The third-order valence-electron chi connectivity index (χ3n) is 5.03. The molecule has 0 fully saturated rings. The highest BCUT2D eigenvalue weighted by Gasteiger charge is 2.32. The van der Waals surface area contributed by atoms with Gasteiger partial charge in [-0.1, -0.05) is 30.0 Å². The van der Waals surface area contributed by atoms with Crippen LogP contribution < -0.4 is 11.1 Å². The van der Waals surface area contributed by atoms with Crippen molar-refractivity contribution >= 4 is 23.5 Å². The van der Waals surface area contributed by atoms with Crippen LogP contribution in [-0.4, -0.2) is 33.3 Å². The number of pyridine rings is 1. The number of rotatable bonds is 9. The summed E-state index contributed by atoms with van der Waals surface area (Å²) < 4.78 is 20.3. The van der Waals surface area contributed by atoms with Gasteiger partial charge in [0.05, 0.1) is 35.1 Å². The molecule has 3 rings (SSSR count). The fraction of sp³-hybridized carbons (Fsp3) is 0.417. The molecule has 2 heterocycles. The number of carbonyl (C=O) groups excluding carboxylic acids is 1. The zero-order valence-corrected chi connectivity index (χ0v) is 20.0. The molecule has 1 amide bonds. The highest BCUT2D eigenvalue weighted by molar-refractivity contribution is 8.03. The van der Waals surface area contributed by atoms with Gasteiger partial charge < -0.3 is 26.0 Å². The summed E-state index contributed by atoms with van der Waals surface area (Å²) >= 11 is 1.31. The Bertz CT molecular complexity index is 1060. The van der Waals surface area contributed by atoms with Crippen LogP contribution >= 0.6 is 11.8 Å². The average molecular weight is 476 g/mol. The minimum Gasteiger partial charge on any atom is -0.388 e. The maximum absolute atomic E-state index is 14.8. The number of nitrogens with zero attached hydrogens (tertiary/aromatic N) is 1. The van der Waals surface area contributed by atoms with Crippen molar-refractivity contribution in [3.05, 3.63) is 69.6 Å². The predicted octanol–water partition coefficient (Wildman–Crippen LogP) is 3.72. The Labute approximate surface area is 197 Å². The third kappa shape index (κ3) is 6.77. The Morgan fingerprint density at radius 3 is 2.61 bits per heavy atom. The summed E-state index contributed by atoms with van der Waals surface area (Å²) in [6, 6.07) is 9.99. The molecule has 1 aromatic carbocycles. The van der Waals surface area contributed by atoms with Crippen LogP contribution in [0.15, 0.2) is 47.0 Å². The standard InChI is InChI=1S/C24H30FN3O4S/c1-23(2,30)13-32-12-15-6-5-7-20(27-15)28-22-17(21(26)29)11-19(33-22)16-9-8-14(10-18(16)25)24(3,4)31/h5-10,19,30-31H,11-13H2,1-4H3,(H2,26,29)(H,27,28). The molecule has 0 bridgehead atoms. The molecule has 1 atom stereocenters. The predicted molar refractivity (Wildman–Crippen MR) is 127 cm³/mol. The van der Waals surface area contributed by atoms with E-state index in [1.807, 2.05) is 0 Å². The summed E-state index contributed by atoms with van der Waals surface area (Å²) in [4.78, 5) is 16.6. The maximum Gasteiger partial charge on any atom is 0.247 e. The lowest BCUT2D eigenvalue weighted by Crippen LogP contribution is -2.25. The lowest BCUT2D eigenvalue weighted by atomic mass is 9.95. The van der Waals surface area contributed by atoms with Gasteiger partial charge in [-0.2, -0.15) is 0 Å². The van der Waals surface area contributed by atoms with Crippen LogP contribution in [0.4, 0.5) is 10.2 Å². The van der Waals surface area contributed by atoms with E-state index in [9.17, 15) is 19.4 Å². The van der Waals surface area contributed by atoms with Crippen molar-refractivity contribution in [2.75, 3.05) is 11.9 Å². The molecule has 7 nitrogen and oxygen atoms in total. The summed E-state index contributed by atoms with van der Waals surface area (Å²) in [7, 11) is 0. The van der Waals surface area contributed by atoms with E-state index in [1.165, 1.54) is 17.8 Å². The van der Waals surface area contributed by atoms with Crippen molar-refractivity contribution in [1.29, 1.82) is 0 Å². The van der Waals surface area contributed by atoms with Crippen LogP contribution in [0.2, 0.25) is 0 Å². The fourth-order valence-corrected chi connectivity index (χ4v) is 4.69. The second-order valence-corrected chi connectivity index (χ2v) is 10.4. The first kappa shape index (κ1) is 25.2. The Balaban J connectivity index is 1.75. The Morgan fingerprint density at radius 2 is 2.00 bits per heavy atom. The molecular formula is C24H30FN3O4S. The molecule has 1 aliphatic heterocycles. The number of aliphatic hydroxyl groups is 2. The van der Waals surface area contributed by atoms with Gasteiger partial charge in [-0.25, -0.2) is 9.37 Å². The molecule has 0 spiro atoms. The number of amides is 1. The minimum atomic E-state index is -1.15.